The molecule has 0 unspecified atom stereocenters. The van der Waals surface area contributed by atoms with Crippen molar-refractivity contribution in [2.24, 2.45) is 0 Å². The maximum atomic E-state index is 11.7. The first-order chi connectivity index (χ1) is 7.60. The summed E-state index contributed by atoms with van der Waals surface area (Å²) in [6, 6.07) is 0. The monoisotopic (exact) mass is 246 g/mol. The molecule has 92 valence electrons. The molecular formula is C9H18N4O2S. The van der Waals surface area contributed by atoms with E-state index < -0.39 is 10.0 Å². The Morgan fingerprint density at radius 3 is 2.69 bits per heavy atom. The van der Waals surface area contributed by atoms with E-state index in [9.17, 15) is 8.42 Å². The second-order valence-corrected chi connectivity index (χ2v) is 5.01. The second kappa shape index (κ2) is 5.97. The third-order valence-electron chi connectivity index (χ3n) is 2.09. The number of aryl methyl sites for hydroxylation is 1. The highest BCUT2D eigenvalue weighted by molar-refractivity contribution is 7.89. The van der Waals surface area contributed by atoms with Crippen LogP contribution in [-0.2, 0) is 16.6 Å². The zero-order chi connectivity index (χ0) is 12.0. The van der Waals surface area contributed by atoms with Crippen LogP contribution < -0.4 is 10.0 Å². The van der Waals surface area contributed by atoms with Gasteiger partial charge in [-0.1, -0.05) is 6.92 Å². The number of hydrogen-bond acceptors (Lipinski definition) is 4. The van der Waals surface area contributed by atoms with Gasteiger partial charge in [0.05, 0.1) is 6.33 Å². The molecule has 0 saturated carbocycles. The van der Waals surface area contributed by atoms with Gasteiger partial charge in [0, 0.05) is 25.8 Å². The highest BCUT2D eigenvalue weighted by Crippen LogP contribution is 2.04. The van der Waals surface area contributed by atoms with Gasteiger partial charge >= 0.3 is 0 Å². The van der Waals surface area contributed by atoms with Crippen molar-refractivity contribution in [2.75, 3.05) is 19.6 Å². The Hall–Kier alpha value is -0.920. The Morgan fingerprint density at radius 1 is 1.38 bits per heavy atom. The van der Waals surface area contributed by atoms with Gasteiger partial charge in [-0.15, -0.1) is 0 Å². The lowest BCUT2D eigenvalue weighted by atomic mass is 10.6. The van der Waals surface area contributed by atoms with Gasteiger partial charge in [-0.3, -0.25) is 0 Å². The van der Waals surface area contributed by atoms with Crippen LogP contribution in [0.4, 0.5) is 0 Å². The van der Waals surface area contributed by atoms with E-state index in [0.717, 1.165) is 6.54 Å². The summed E-state index contributed by atoms with van der Waals surface area (Å²) >= 11 is 0. The van der Waals surface area contributed by atoms with Crippen molar-refractivity contribution in [3.63, 3.8) is 0 Å². The standard InChI is InChI=1S/C9H18N4O2S/c1-3-10-5-6-12-16(14,15)9-7-13(4-2)8-11-9/h7-8,10,12H,3-6H2,1-2H3. The molecule has 2 N–H and O–H groups in total. The summed E-state index contributed by atoms with van der Waals surface area (Å²) in [5.74, 6) is 0. The Balaban J connectivity index is 2.56. The average molecular weight is 246 g/mol. The third-order valence-corrected chi connectivity index (χ3v) is 3.44. The Labute approximate surface area is 96.1 Å². The molecule has 0 fully saturated rings. The minimum Gasteiger partial charge on any atom is -0.336 e. The van der Waals surface area contributed by atoms with Crippen LogP contribution in [0, 0.1) is 0 Å². The SMILES string of the molecule is CCNCCNS(=O)(=O)c1cn(CC)cn1. The molecule has 0 aliphatic heterocycles. The van der Waals surface area contributed by atoms with E-state index in [1.54, 1.807) is 4.57 Å². The summed E-state index contributed by atoms with van der Waals surface area (Å²) in [7, 11) is -3.45. The molecule has 0 atom stereocenters. The molecule has 1 aromatic rings. The van der Waals surface area contributed by atoms with Crippen molar-refractivity contribution in [1.29, 1.82) is 0 Å². The lowest BCUT2D eigenvalue weighted by molar-refractivity contribution is 0.574. The summed E-state index contributed by atoms with van der Waals surface area (Å²) in [5.41, 5.74) is 0. The molecule has 0 aliphatic carbocycles. The number of nitrogens with one attached hydrogen (secondary N) is 2. The number of hydrogen-bond donors (Lipinski definition) is 2. The maximum Gasteiger partial charge on any atom is 0.259 e. The summed E-state index contributed by atoms with van der Waals surface area (Å²) in [6.45, 7) is 6.42. The van der Waals surface area contributed by atoms with Crippen molar-refractivity contribution in [1.82, 2.24) is 19.6 Å². The van der Waals surface area contributed by atoms with Crippen molar-refractivity contribution >= 4 is 10.0 Å². The van der Waals surface area contributed by atoms with E-state index in [1.807, 2.05) is 13.8 Å². The minimum absolute atomic E-state index is 0.0749. The first-order valence-electron chi connectivity index (χ1n) is 5.32. The molecule has 0 radical (unpaired) electrons. The zero-order valence-electron chi connectivity index (χ0n) is 9.60. The topological polar surface area (TPSA) is 76.0 Å². The molecule has 1 rings (SSSR count). The number of sulfonamides is 1. The quantitative estimate of drug-likeness (QED) is 0.653. The molecule has 16 heavy (non-hydrogen) atoms. The number of nitrogens with zero attached hydrogens (tertiary/aromatic N) is 2. The minimum atomic E-state index is -3.45. The van der Waals surface area contributed by atoms with Gasteiger partial charge in [0.2, 0.25) is 0 Å². The lowest BCUT2D eigenvalue weighted by Gasteiger charge is -2.04. The van der Waals surface area contributed by atoms with Crippen LogP contribution in [0.2, 0.25) is 0 Å². The number of aromatic nitrogens is 2. The molecule has 1 aromatic heterocycles. The van der Waals surface area contributed by atoms with Gasteiger partial charge in [-0.05, 0) is 13.5 Å². The molecule has 1 heterocycles. The molecule has 0 aromatic carbocycles. The van der Waals surface area contributed by atoms with E-state index in [0.29, 0.717) is 19.6 Å². The molecule has 6 nitrogen and oxygen atoms in total. The van der Waals surface area contributed by atoms with E-state index in [2.05, 4.69) is 15.0 Å². The summed E-state index contributed by atoms with van der Waals surface area (Å²) in [5, 5.41) is 3.11. The zero-order valence-corrected chi connectivity index (χ0v) is 10.4. The van der Waals surface area contributed by atoms with Crippen molar-refractivity contribution in [2.45, 2.75) is 25.4 Å². The van der Waals surface area contributed by atoms with Gasteiger partial charge in [0.15, 0.2) is 5.03 Å². The highest BCUT2D eigenvalue weighted by Gasteiger charge is 2.15. The molecule has 0 bridgehead atoms. The molecular weight excluding hydrogens is 228 g/mol. The normalized spacial score (nSPS) is 11.9. The third kappa shape index (κ3) is 3.58. The predicted molar refractivity (Wildman–Crippen MR) is 61.6 cm³/mol. The van der Waals surface area contributed by atoms with Crippen LogP contribution in [0.25, 0.3) is 0 Å². The Bertz CT molecular complexity index is 413. The predicted octanol–water partition coefficient (Wildman–Crippen LogP) is -0.209. The number of imidazole rings is 1. The number of likely N-dealkylation sites (N-methyl/N-ethyl adjacent to an activating group) is 1. The first kappa shape index (κ1) is 13.1. The Kier molecular flexibility index (Phi) is 4.91. The van der Waals surface area contributed by atoms with E-state index in [-0.39, 0.29) is 5.03 Å². The molecule has 0 aliphatic rings. The van der Waals surface area contributed by atoms with E-state index >= 15 is 0 Å². The van der Waals surface area contributed by atoms with Gasteiger partial charge < -0.3 is 9.88 Å². The van der Waals surface area contributed by atoms with E-state index in [4.69, 9.17) is 0 Å². The second-order valence-electron chi connectivity index (χ2n) is 3.29. The molecule has 0 spiro atoms. The van der Waals surface area contributed by atoms with Gasteiger partial charge in [0.25, 0.3) is 10.0 Å². The van der Waals surface area contributed by atoms with Gasteiger partial charge in [0.1, 0.15) is 0 Å². The largest absolute Gasteiger partial charge is 0.336 e. The lowest BCUT2D eigenvalue weighted by Crippen LogP contribution is -2.31. The fourth-order valence-electron chi connectivity index (χ4n) is 1.18. The summed E-state index contributed by atoms with van der Waals surface area (Å²) < 4.78 is 27.6. The van der Waals surface area contributed by atoms with E-state index in [1.165, 1.54) is 12.5 Å². The van der Waals surface area contributed by atoms with Gasteiger partial charge in [-0.2, -0.15) is 0 Å². The average Bonchev–Trinajstić information content (AvgIpc) is 2.73. The van der Waals surface area contributed by atoms with Crippen molar-refractivity contribution in [3.05, 3.63) is 12.5 Å². The van der Waals surface area contributed by atoms with Crippen molar-refractivity contribution in [3.8, 4) is 0 Å². The highest BCUT2D eigenvalue weighted by atomic mass is 32.2. The summed E-state index contributed by atoms with van der Waals surface area (Å²) in [4.78, 5) is 3.85. The van der Waals surface area contributed by atoms with Crippen LogP contribution >= 0.6 is 0 Å². The van der Waals surface area contributed by atoms with Crippen LogP contribution in [0.1, 0.15) is 13.8 Å². The molecule has 0 amide bonds. The van der Waals surface area contributed by atoms with Crippen LogP contribution in [0.3, 0.4) is 0 Å². The molecule has 7 heteroatoms. The smallest absolute Gasteiger partial charge is 0.259 e. The van der Waals surface area contributed by atoms with Crippen LogP contribution in [-0.4, -0.2) is 37.6 Å². The van der Waals surface area contributed by atoms with Crippen LogP contribution in [0.5, 0.6) is 0 Å². The first-order valence-corrected chi connectivity index (χ1v) is 6.80. The maximum absolute atomic E-state index is 11.7. The fourth-order valence-corrected chi connectivity index (χ4v) is 2.15. The van der Waals surface area contributed by atoms with Gasteiger partial charge in [-0.25, -0.2) is 18.1 Å². The Morgan fingerprint density at radius 2 is 2.12 bits per heavy atom. The molecule has 0 saturated heterocycles. The fraction of sp³-hybridized carbons (Fsp3) is 0.667. The van der Waals surface area contributed by atoms with Crippen LogP contribution in [0.15, 0.2) is 17.6 Å². The summed E-state index contributed by atoms with van der Waals surface area (Å²) in [6.07, 6.45) is 3.04. The number of rotatable bonds is 7. The van der Waals surface area contributed by atoms with Crippen molar-refractivity contribution < 1.29 is 8.42 Å².